The maximum atomic E-state index is 12.2. The molecule has 202 valence electrons. The van der Waals surface area contributed by atoms with Crippen molar-refractivity contribution in [1.29, 1.82) is 0 Å². The van der Waals surface area contributed by atoms with Crippen molar-refractivity contribution in [2.24, 2.45) is 5.73 Å². The molecule has 2 unspecified atom stereocenters. The number of phosphoric ester groups is 1. The monoisotopic (exact) mass is 509 g/mol. The number of ether oxygens (including phenoxy) is 2. The summed E-state index contributed by atoms with van der Waals surface area (Å²) in [5.41, 5.74) is 5.26. The number of rotatable bonds is 24. The first kappa shape index (κ1) is 33.0. The number of carbonyl (C=O) groups is 2. The summed E-state index contributed by atoms with van der Waals surface area (Å²) in [7, 11) is -4.34. The van der Waals surface area contributed by atoms with Gasteiger partial charge in [-0.3, -0.25) is 18.6 Å². The van der Waals surface area contributed by atoms with Crippen LogP contribution in [0.25, 0.3) is 0 Å². The number of hydrogen-bond donors (Lipinski definition) is 2. The topological polar surface area (TPSA) is 134 Å². The summed E-state index contributed by atoms with van der Waals surface area (Å²) >= 11 is 0. The van der Waals surface area contributed by atoms with Crippen molar-refractivity contribution >= 4 is 19.8 Å². The molecule has 34 heavy (non-hydrogen) atoms. The lowest BCUT2D eigenvalue weighted by molar-refractivity contribution is -0.161. The zero-order valence-electron chi connectivity index (χ0n) is 21.3. The van der Waals surface area contributed by atoms with Crippen LogP contribution in [0.2, 0.25) is 0 Å². The van der Waals surface area contributed by atoms with Gasteiger partial charge >= 0.3 is 19.8 Å². The number of nitrogens with two attached hydrogens (primary N) is 1. The van der Waals surface area contributed by atoms with Crippen molar-refractivity contribution in [1.82, 2.24) is 0 Å². The van der Waals surface area contributed by atoms with Crippen LogP contribution in [0.3, 0.4) is 0 Å². The molecule has 0 saturated carbocycles. The molecule has 0 radical (unpaired) electrons. The molecule has 10 heteroatoms. The van der Waals surface area contributed by atoms with Crippen molar-refractivity contribution in [3.8, 4) is 0 Å². The van der Waals surface area contributed by atoms with E-state index >= 15 is 0 Å². The van der Waals surface area contributed by atoms with Gasteiger partial charge in [0, 0.05) is 19.4 Å². The highest BCUT2D eigenvalue weighted by molar-refractivity contribution is 7.47. The van der Waals surface area contributed by atoms with Gasteiger partial charge in [-0.05, 0) is 12.8 Å². The van der Waals surface area contributed by atoms with E-state index in [-0.39, 0.29) is 32.6 Å². The summed E-state index contributed by atoms with van der Waals surface area (Å²) in [6.07, 6.45) is 13.5. The van der Waals surface area contributed by atoms with Gasteiger partial charge in [0.25, 0.3) is 0 Å². The van der Waals surface area contributed by atoms with Crippen LogP contribution >= 0.6 is 7.82 Å². The molecule has 0 saturated heterocycles. The second-order valence-electron chi connectivity index (χ2n) is 8.57. The minimum absolute atomic E-state index is 0.0563. The summed E-state index contributed by atoms with van der Waals surface area (Å²) in [5, 5.41) is 0. The molecule has 0 amide bonds. The smallest absolute Gasteiger partial charge is 0.462 e. The normalized spacial score (nSPS) is 13.9. The van der Waals surface area contributed by atoms with Crippen LogP contribution < -0.4 is 5.73 Å². The van der Waals surface area contributed by atoms with Crippen LogP contribution in [0.1, 0.15) is 110 Å². The Morgan fingerprint density at radius 2 is 1.26 bits per heavy atom. The maximum absolute atomic E-state index is 12.2. The van der Waals surface area contributed by atoms with E-state index in [2.05, 4.69) is 18.4 Å². The Morgan fingerprint density at radius 3 is 1.82 bits per heavy atom. The quantitative estimate of drug-likeness (QED) is 0.0992. The van der Waals surface area contributed by atoms with Crippen molar-refractivity contribution in [3.63, 3.8) is 0 Å². The third-order valence-electron chi connectivity index (χ3n) is 5.24. The van der Waals surface area contributed by atoms with Gasteiger partial charge < -0.3 is 20.1 Å². The molecule has 0 aromatic heterocycles. The molecule has 0 heterocycles. The van der Waals surface area contributed by atoms with Crippen molar-refractivity contribution < 1.29 is 37.6 Å². The summed E-state index contributed by atoms with van der Waals surface area (Å²) < 4.78 is 32.0. The van der Waals surface area contributed by atoms with Gasteiger partial charge in [0.1, 0.15) is 6.61 Å². The molecule has 0 aromatic carbocycles. The van der Waals surface area contributed by atoms with Crippen LogP contribution in [0.4, 0.5) is 0 Å². The lowest BCUT2D eigenvalue weighted by Crippen LogP contribution is -2.29. The first-order chi connectivity index (χ1) is 16.3. The molecule has 0 rings (SSSR count). The Kier molecular flexibility index (Phi) is 21.8. The lowest BCUT2D eigenvalue weighted by Gasteiger charge is -2.19. The number of unbranched alkanes of at least 4 members (excludes halogenated alkanes) is 11. The van der Waals surface area contributed by atoms with Gasteiger partial charge in [-0.1, -0.05) is 84.5 Å². The van der Waals surface area contributed by atoms with E-state index in [1.807, 2.05) is 0 Å². The van der Waals surface area contributed by atoms with Crippen LogP contribution in [0.5, 0.6) is 0 Å². The van der Waals surface area contributed by atoms with E-state index in [0.717, 1.165) is 44.9 Å². The highest BCUT2D eigenvalue weighted by atomic mass is 31.2. The molecule has 0 aliphatic heterocycles. The third-order valence-corrected chi connectivity index (χ3v) is 6.23. The lowest BCUT2D eigenvalue weighted by atomic mass is 10.1. The highest BCUT2D eigenvalue weighted by Crippen LogP contribution is 2.43. The second kappa shape index (κ2) is 22.5. The largest absolute Gasteiger partial charge is 0.472 e. The van der Waals surface area contributed by atoms with Gasteiger partial charge in [-0.25, -0.2) is 4.57 Å². The predicted octanol–water partition coefficient (Wildman–Crippen LogP) is 5.43. The molecule has 9 nitrogen and oxygen atoms in total. The first-order valence-electron chi connectivity index (χ1n) is 13.0. The van der Waals surface area contributed by atoms with Crippen molar-refractivity contribution in [3.05, 3.63) is 0 Å². The van der Waals surface area contributed by atoms with Gasteiger partial charge in [-0.2, -0.15) is 0 Å². The van der Waals surface area contributed by atoms with Crippen molar-refractivity contribution in [2.45, 2.75) is 116 Å². The van der Waals surface area contributed by atoms with Crippen LogP contribution in [-0.2, 0) is 32.7 Å². The average Bonchev–Trinajstić information content (AvgIpc) is 2.81. The molecule has 0 aliphatic rings. The van der Waals surface area contributed by atoms with Gasteiger partial charge in [0.05, 0.1) is 13.2 Å². The molecule has 0 spiro atoms. The standard InChI is InChI=1S/C24H48NO8P/c1-3-5-7-9-10-11-12-13-15-17-24(27)33-22(21-32-34(28,29)31-19-18-25)20-30-23(26)16-14-8-6-4-2/h22H,3-21,25H2,1-2H3,(H,28,29). The van der Waals surface area contributed by atoms with E-state index in [0.29, 0.717) is 6.42 Å². The third kappa shape index (κ3) is 21.5. The Bertz CT molecular complexity index is 561. The minimum Gasteiger partial charge on any atom is -0.462 e. The van der Waals surface area contributed by atoms with Gasteiger partial charge in [0.15, 0.2) is 6.10 Å². The molecular weight excluding hydrogens is 461 g/mol. The predicted molar refractivity (Wildman–Crippen MR) is 132 cm³/mol. The summed E-state index contributed by atoms with van der Waals surface area (Å²) in [5.74, 6) is -0.853. The maximum Gasteiger partial charge on any atom is 0.472 e. The minimum atomic E-state index is -4.34. The summed E-state index contributed by atoms with van der Waals surface area (Å²) in [4.78, 5) is 33.9. The van der Waals surface area contributed by atoms with Gasteiger partial charge in [-0.15, -0.1) is 0 Å². The molecule has 3 N–H and O–H groups in total. The highest BCUT2D eigenvalue weighted by Gasteiger charge is 2.25. The van der Waals surface area contributed by atoms with E-state index in [1.165, 1.54) is 32.1 Å². The fourth-order valence-electron chi connectivity index (χ4n) is 3.28. The molecule has 2 atom stereocenters. The van der Waals surface area contributed by atoms with Crippen LogP contribution in [0.15, 0.2) is 0 Å². The van der Waals surface area contributed by atoms with Gasteiger partial charge in [0.2, 0.25) is 0 Å². The SMILES string of the molecule is CCCCCCCCCCCC(=O)OC(COC(=O)CCCCCC)COP(=O)(O)OCCN. The Labute approximate surface area is 206 Å². The summed E-state index contributed by atoms with van der Waals surface area (Å²) in [6, 6.07) is 0. The first-order valence-corrected chi connectivity index (χ1v) is 14.5. The number of esters is 2. The zero-order valence-corrected chi connectivity index (χ0v) is 22.2. The van der Waals surface area contributed by atoms with E-state index in [4.69, 9.17) is 19.7 Å². The number of hydrogen-bond acceptors (Lipinski definition) is 8. The molecule has 0 aliphatic carbocycles. The zero-order chi connectivity index (χ0) is 25.5. The molecule has 0 bridgehead atoms. The Balaban J connectivity index is 4.38. The number of carbonyl (C=O) groups excluding carboxylic acids is 2. The fourth-order valence-corrected chi connectivity index (χ4v) is 4.04. The molecule has 0 aromatic rings. The van der Waals surface area contributed by atoms with Crippen LogP contribution in [-0.4, -0.2) is 49.3 Å². The van der Waals surface area contributed by atoms with E-state index < -0.39 is 32.5 Å². The van der Waals surface area contributed by atoms with E-state index in [9.17, 15) is 19.0 Å². The van der Waals surface area contributed by atoms with Crippen molar-refractivity contribution in [2.75, 3.05) is 26.4 Å². The van der Waals surface area contributed by atoms with Crippen LogP contribution in [0, 0.1) is 0 Å². The Morgan fingerprint density at radius 1 is 0.765 bits per heavy atom. The Hall–Kier alpha value is -0.990. The van der Waals surface area contributed by atoms with E-state index in [1.54, 1.807) is 0 Å². The fraction of sp³-hybridized carbons (Fsp3) is 0.917. The molecular formula is C24H48NO8P. The second-order valence-corrected chi connectivity index (χ2v) is 10.0. The summed E-state index contributed by atoms with van der Waals surface area (Å²) in [6.45, 7) is 3.53. The average molecular weight is 510 g/mol. The number of phosphoric acid groups is 1. The molecule has 0 fully saturated rings.